The standard InChI is InChI=1S/C18H36N4O2S.HI/c1-5-9-21-10-7-16(8-11-21)14-20-17(19-6-2)22-12-13-25(23,24)18(3,4)15-22;/h16H,5-15H2,1-4H3,(H,19,20);1H. The molecule has 0 aromatic heterocycles. The molecule has 0 aromatic rings. The summed E-state index contributed by atoms with van der Waals surface area (Å²) in [5.74, 6) is 1.73. The van der Waals surface area contributed by atoms with E-state index in [0.717, 1.165) is 19.0 Å². The molecule has 8 heteroatoms. The molecule has 0 spiro atoms. The highest BCUT2D eigenvalue weighted by Gasteiger charge is 2.41. The Morgan fingerprint density at radius 3 is 2.38 bits per heavy atom. The molecule has 1 N–H and O–H groups in total. The fourth-order valence-electron chi connectivity index (χ4n) is 3.67. The molecule has 0 unspecified atom stereocenters. The maximum Gasteiger partial charge on any atom is 0.194 e. The van der Waals surface area contributed by atoms with E-state index in [2.05, 4.69) is 29.0 Å². The van der Waals surface area contributed by atoms with Crippen LogP contribution in [0.1, 0.15) is 47.0 Å². The second kappa shape index (κ2) is 10.5. The Labute approximate surface area is 177 Å². The van der Waals surface area contributed by atoms with Crippen molar-refractivity contribution < 1.29 is 8.42 Å². The molecule has 0 aliphatic carbocycles. The van der Waals surface area contributed by atoms with Crippen LogP contribution in [0, 0.1) is 5.92 Å². The molecule has 0 atom stereocenters. The van der Waals surface area contributed by atoms with Crippen molar-refractivity contribution in [2.45, 2.75) is 51.7 Å². The molecule has 2 aliphatic heterocycles. The van der Waals surface area contributed by atoms with Gasteiger partial charge in [-0.05, 0) is 65.6 Å². The van der Waals surface area contributed by atoms with Gasteiger partial charge in [0.15, 0.2) is 15.8 Å². The Balaban J connectivity index is 0.00000338. The molecule has 0 bridgehead atoms. The SMILES string of the molecule is CCCN1CCC(CN=C(NCC)N2CCS(=O)(=O)C(C)(C)C2)CC1.I. The van der Waals surface area contributed by atoms with E-state index in [0.29, 0.717) is 19.0 Å². The highest BCUT2D eigenvalue weighted by molar-refractivity contribution is 14.0. The van der Waals surface area contributed by atoms with E-state index in [1.807, 2.05) is 13.8 Å². The van der Waals surface area contributed by atoms with Crippen molar-refractivity contribution in [3.05, 3.63) is 0 Å². The number of halogens is 1. The lowest BCUT2D eigenvalue weighted by Crippen LogP contribution is -2.57. The van der Waals surface area contributed by atoms with Crippen molar-refractivity contribution in [2.75, 3.05) is 51.6 Å². The molecule has 154 valence electrons. The van der Waals surface area contributed by atoms with Crippen LogP contribution >= 0.6 is 24.0 Å². The highest BCUT2D eigenvalue weighted by atomic mass is 127. The maximum absolute atomic E-state index is 12.2. The van der Waals surface area contributed by atoms with Crippen molar-refractivity contribution in [1.29, 1.82) is 0 Å². The Bertz CT molecular complexity index is 558. The third-order valence-corrected chi connectivity index (χ3v) is 7.96. The Kier molecular flexibility index (Phi) is 9.63. The summed E-state index contributed by atoms with van der Waals surface area (Å²) in [5.41, 5.74) is 0. The number of hydrogen-bond acceptors (Lipinski definition) is 4. The zero-order valence-electron chi connectivity index (χ0n) is 16.8. The van der Waals surface area contributed by atoms with Gasteiger partial charge in [-0.25, -0.2) is 8.42 Å². The topological polar surface area (TPSA) is 65.0 Å². The van der Waals surface area contributed by atoms with Gasteiger partial charge in [0.1, 0.15) is 0 Å². The molecular weight excluding hydrogens is 463 g/mol. The van der Waals surface area contributed by atoms with Crippen LogP contribution in [0.25, 0.3) is 0 Å². The van der Waals surface area contributed by atoms with Crippen molar-refractivity contribution in [2.24, 2.45) is 10.9 Å². The van der Waals surface area contributed by atoms with E-state index in [4.69, 9.17) is 4.99 Å². The van der Waals surface area contributed by atoms with Gasteiger partial charge in [0.2, 0.25) is 0 Å². The van der Waals surface area contributed by atoms with Gasteiger partial charge in [-0.2, -0.15) is 0 Å². The van der Waals surface area contributed by atoms with Crippen LogP contribution in [-0.2, 0) is 9.84 Å². The molecule has 0 radical (unpaired) electrons. The van der Waals surface area contributed by atoms with E-state index in [9.17, 15) is 8.42 Å². The van der Waals surface area contributed by atoms with Gasteiger partial charge in [0.25, 0.3) is 0 Å². The summed E-state index contributed by atoms with van der Waals surface area (Å²) in [7, 11) is -3.02. The molecule has 2 aliphatic rings. The molecule has 6 nitrogen and oxygen atoms in total. The summed E-state index contributed by atoms with van der Waals surface area (Å²) in [5, 5.41) is 3.36. The first kappa shape index (κ1) is 23.9. The number of nitrogens with zero attached hydrogens (tertiary/aromatic N) is 3. The van der Waals surface area contributed by atoms with E-state index in [1.165, 1.54) is 38.9 Å². The first-order chi connectivity index (χ1) is 11.8. The van der Waals surface area contributed by atoms with Crippen LogP contribution in [0.4, 0.5) is 0 Å². The lowest BCUT2D eigenvalue weighted by atomic mass is 9.97. The molecule has 2 fully saturated rings. The van der Waals surface area contributed by atoms with Gasteiger partial charge >= 0.3 is 0 Å². The second-order valence-corrected chi connectivity index (χ2v) is 10.7. The number of rotatable bonds is 5. The van der Waals surface area contributed by atoms with Gasteiger partial charge in [-0.1, -0.05) is 6.92 Å². The molecule has 0 aromatic carbocycles. The summed E-state index contributed by atoms with van der Waals surface area (Å²) in [6.45, 7) is 14.2. The first-order valence-corrected chi connectivity index (χ1v) is 11.4. The normalized spacial score (nSPS) is 24.2. The molecule has 26 heavy (non-hydrogen) atoms. The fourth-order valence-corrected chi connectivity index (χ4v) is 5.04. The third-order valence-electron chi connectivity index (χ3n) is 5.42. The van der Waals surface area contributed by atoms with E-state index < -0.39 is 14.6 Å². The molecule has 2 heterocycles. The predicted molar refractivity (Wildman–Crippen MR) is 120 cm³/mol. The largest absolute Gasteiger partial charge is 0.357 e. The summed E-state index contributed by atoms with van der Waals surface area (Å²) in [6.07, 6.45) is 3.65. The van der Waals surface area contributed by atoms with E-state index >= 15 is 0 Å². The number of aliphatic imine (C=N–C) groups is 1. The maximum atomic E-state index is 12.2. The Morgan fingerprint density at radius 2 is 1.85 bits per heavy atom. The number of piperidine rings is 1. The zero-order valence-corrected chi connectivity index (χ0v) is 20.0. The fraction of sp³-hybridized carbons (Fsp3) is 0.944. The minimum absolute atomic E-state index is 0. The lowest BCUT2D eigenvalue weighted by molar-refractivity contribution is 0.188. The summed E-state index contributed by atoms with van der Waals surface area (Å²) >= 11 is 0. The second-order valence-electron chi connectivity index (χ2n) is 7.98. The zero-order chi connectivity index (χ0) is 18.5. The van der Waals surface area contributed by atoms with Crippen LogP contribution in [0.5, 0.6) is 0 Å². The molecule has 0 amide bonds. The van der Waals surface area contributed by atoms with Crippen LogP contribution in [-0.4, -0.2) is 80.5 Å². The number of nitrogens with one attached hydrogen (secondary N) is 1. The van der Waals surface area contributed by atoms with Gasteiger partial charge in [0.05, 0.1) is 10.5 Å². The van der Waals surface area contributed by atoms with Crippen LogP contribution < -0.4 is 5.32 Å². The van der Waals surface area contributed by atoms with Crippen molar-refractivity contribution in [3.8, 4) is 0 Å². The average molecular weight is 500 g/mol. The summed E-state index contributed by atoms with van der Waals surface area (Å²) < 4.78 is 23.7. The van der Waals surface area contributed by atoms with Gasteiger partial charge in [-0.15, -0.1) is 24.0 Å². The number of guanidine groups is 1. The first-order valence-electron chi connectivity index (χ1n) is 9.77. The summed E-state index contributed by atoms with van der Waals surface area (Å²) in [6, 6.07) is 0. The van der Waals surface area contributed by atoms with Crippen LogP contribution in [0.15, 0.2) is 4.99 Å². The third kappa shape index (κ3) is 6.22. The quantitative estimate of drug-likeness (QED) is 0.356. The molecular formula is C18H37IN4O2S. The lowest BCUT2D eigenvalue weighted by Gasteiger charge is -2.39. The van der Waals surface area contributed by atoms with Crippen molar-refractivity contribution in [3.63, 3.8) is 0 Å². The number of hydrogen-bond donors (Lipinski definition) is 1. The minimum atomic E-state index is -3.02. The predicted octanol–water partition coefficient (Wildman–Crippen LogP) is 2.20. The highest BCUT2D eigenvalue weighted by Crippen LogP contribution is 2.24. The van der Waals surface area contributed by atoms with E-state index in [-0.39, 0.29) is 29.7 Å². The molecule has 2 rings (SSSR count). The van der Waals surface area contributed by atoms with Crippen molar-refractivity contribution >= 4 is 39.8 Å². The van der Waals surface area contributed by atoms with Gasteiger partial charge in [0, 0.05) is 26.2 Å². The Hall–Kier alpha value is -0.0900. The van der Waals surface area contributed by atoms with Crippen LogP contribution in [0.3, 0.4) is 0 Å². The van der Waals surface area contributed by atoms with E-state index in [1.54, 1.807) is 0 Å². The van der Waals surface area contributed by atoms with Crippen LogP contribution in [0.2, 0.25) is 0 Å². The summed E-state index contributed by atoms with van der Waals surface area (Å²) in [4.78, 5) is 9.53. The Morgan fingerprint density at radius 1 is 1.19 bits per heavy atom. The van der Waals surface area contributed by atoms with Crippen molar-refractivity contribution in [1.82, 2.24) is 15.1 Å². The smallest absolute Gasteiger partial charge is 0.194 e. The molecule has 2 saturated heterocycles. The minimum Gasteiger partial charge on any atom is -0.357 e. The average Bonchev–Trinajstić information content (AvgIpc) is 2.56. The van der Waals surface area contributed by atoms with Gasteiger partial charge in [-0.3, -0.25) is 4.99 Å². The van der Waals surface area contributed by atoms with Gasteiger partial charge < -0.3 is 15.1 Å². The monoisotopic (exact) mass is 500 g/mol. The molecule has 0 saturated carbocycles. The number of likely N-dealkylation sites (tertiary alicyclic amines) is 1. The number of sulfone groups is 1.